The number of piperazine rings is 1. The molecule has 2 aromatic carbocycles. The molecule has 0 aliphatic carbocycles. The van der Waals surface area contributed by atoms with Crippen molar-refractivity contribution in [3.8, 4) is 5.75 Å². The van der Waals surface area contributed by atoms with E-state index in [1.165, 1.54) is 4.90 Å². The predicted molar refractivity (Wildman–Crippen MR) is 102 cm³/mol. The van der Waals surface area contributed by atoms with Crippen LogP contribution in [0.1, 0.15) is 18.1 Å². The van der Waals surface area contributed by atoms with Gasteiger partial charge in [0, 0.05) is 5.39 Å². The van der Waals surface area contributed by atoms with Crippen molar-refractivity contribution in [1.29, 1.82) is 0 Å². The zero-order valence-corrected chi connectivity index (χ0v) is 15.4. The first kappa shape index (κ1) is 17.1. The van der Waals surface area contributed by atoms with Gasteiger partial charge in [-0.2, -0.15) is 0 Å². The van der Waals surface area contributed by atoms with Crippen LogP contribution in [0.25, 0.3) is 21.7 Å². The Kier molecular flexibility index (Phi) is 4.42. The third-order valence-corrected chi connectivity index (χ3v) is 5.68. The summed E-state index contributed by atoms with van der Waals surface area (Å²) in [5, 5.41) is 13.3. The summed E-state index contributed by atoms with van der Waals surface area (Å²) in [6.07, 6.45) is 0.741. The number of nitrogens with one attached hydrogen (secondary N) is 2. The first-order valence-electron chi connectivity index (χ1n) is 9.42. The van der Waals surface area contributed by atoms with Crippen molar-refractivity contribution < 1.29 is 19.3 Å². The lowest BCUT2D eigenvalue weighted by molar-refractivity contribution is -1.01. The van der Waals surface area contributed by atoms with Gasteiger partial charge in [-0.3, -0.25) is 0 Å². The summed E-state index contributed by atoms with van der Waals surface area (Å²) < 4.78 is 5.71. The molecule has 0 saturated carbocycles. The third kappa shape index (κ3) is 2.87. The fourth-order valence-electron chi connectivity index (χ4n) is 4.02. The number of aromatic hydroxyl groups is 1. The van der Waals surface area contributed by atoms with E-state index in [-0.39, 0.29) is 11.4 Å². The fraction of sp³-hybridized carbons (Fsp3) is 0.381. The molecule has 5 nitrogen and oxygen atoms in total. The molecule has 4 rings (SSSR count). The molecule has 0 unspecified atom stereocenters. The van der Waals surface area contributed by atoms with Crippen LogP contribution in [0.4, 0.5) is 0 Å². The minimum absolute atomic E-state index is 0.289. The molecule has 3 aromatic rings. The molecule has 2 heterocycles. The maximum Gasteiger partial charge on any atom is 0.344 e. The minimum atomic E-state index is -0.337. The molecule has 0 bridgehead atoms. The highest BCUT2D eigenvalue weighted by molar-refractivity contribution is 6.06. The molecule has 1 aliphatic heterocycles. The largest absolute Gasteiger partial charge is 0.507 e. The number of hydrogen-bond donors (Lipinski definition) is 3. The SMILES string of the molecule is CCc1cc2c(oc(=O)c3ccccc32)c(C[NH+]2CC[NH+](C)CC2)c1O. The zero-order valence-electron chi connectivity index (χ0n) is 15.4. The van der Waals surface area contributed by atoms with E-state index in [4.69, 9.17) is 4.42 Å². The van der Waals surface area contributed by atoms with E-state index in [1.807, 2.05) is 31.2 Å². The lowest BCUT2D eigenvalue weighted by Gasteiger charge is -2.27. The van der Waals surface area contributed by atoms with Crippen molar-refractivity contribution in [2.45, 2.75) is 19.9 Å². The van der Waals surface area contributed by atoms with Gasteiger partial charge in [-0.25, -0.2) is 4.79 Å². The van der Waals surface area contributed by atoms with Crippen LogP contribution in [0.5, 0.6) is 5.75 Å². The highest BCUT2D eigenvalue weighted by atomic mass is 16.4. The summed E-state index contributed by atoms with van der Waals surface area (Å²) in [4.78, 5) is 15.5. The molecular formula is C21H26N2O3+2. The normalized spacial score (nSPS) is 20.7. The molecule has 5 heteroatoms. The Hall–Kier alpha value is -2.37. The van der Waals surface area contributed by atoms with Gasteiger partial charge in [-0.15, -0.1) is 0 Å². The number of hydrogen-bond acceptors (Lipinski definition) is 3. The summed E-state index contributed by atoms with van der Waals surface area (Å²) in [7, 11) is 2.21. The summed E-state index contributed by atoms with van der Waals surface area (Å²) in [6.45, 7) is 7.08. The van der Waals surface area contributed by atoms with Gasteiger partial charge < -0.3 is 19.3 Å². The lowest BCUT2D eigenvalue weighted by Crippen LogP contribution is -3.26. The fourth-order valence-corrected chi connectivity index (χ4v) is 4.02. The molecular weight excluding hydrogens is 328 g/mol. The standard InChI is InChI=1S/C21H24N2O3/c1-3-14-12-17-15-6-4-5-7-16(15)21(25)26-20(17)18(19(14)24)13-23-10-8-22(2)9-11-23/h4-7,12,24H,3,8-11,13H2,1-2H3/p+2. The van der Waals surface area contributed by atoms with Crippen molar-refractivity contribution in [2.75, 3.05) is 33.2 Å². The first-order valence-corrected chi connectivity index (χ1v) is 9.42. The second-order valence-corrected chi connectivity index (χ2v) is 7.41. The Morgan fingerprint density at radius 3 is 2.46 bits per heavy atom. The Morgan fingerprint density at radius 1 is 1.08 bits per heavy atom. The maximum atomic E-state index is 12.5. The molecule has 0 radical (unpaired) electrons. The molecule has 0 spiro atoms. The van der Waals surface area contributed by atoms with Gasteiger partial charge in [0.05, 0.1) is 18.0 Å². The molecule has 3 N–H and O–H groups in total. The van der Waals surface area contributed by atoms with Crippen molar-refractivity contribution >= 4 is 21.7 Å². The third-order valence-electron chi connectivity index (χ3n) is 5.68. The van der Waals surface area contributed by atoms with Crippen molar-refractivity contribution in [3.63, 3.8) is 0 Å². The molecule has 1 saturated heterocycles. The second-order valence-electron chi connectivity index (χ2n) is 7.41. The van der Waals surface area contributed by atoms with Crippen molar-refractivity contribution in [3.05, 3.63) is 51.9 Å². The number of quaternary nitrogens is 2. The lowest BCUT2D eigenvalue weighted by atomic mass is 9.98. The Labute approximate surface area is 152 Å². The number of likely N-dealkylation sites (N-methyl/N-ethyl adjacent to an activating group) is 1. The minimum Gasteiger partial charge on any atom is -0.507 e. The highest BCUT2D eigenvalue weighted by Gasteiger charge is 2.25. The van der Waals surface area contributed by atoms with Crippen LogP contribution in [0.2, 0.25) is 0 Å². The summed E-state index contributed by atoms with van der Waals surface area (Å²) in [5.41, 5.74) is 1.89. The monoisotopic (exact) mass is 354 g/mol. The number of phenolic OH excluding ortho intramolecular Hbond substituents is 1. The van der Waals surface area contributed by atoms with Crippen molar-refractivity contribution in [2.24, 2.45) is 0 Å². The predicted octanol–water partition coefficient (Wildman–Crippen LogP) is 0.127. The number of rotatable bonds is 3. The van der Waals surface area contributed by atoms with E-state index in [2.05, 4.69) is 7.05 Å². The average Bonchev–Trinajstić information content (AvgIpc) is 2.66. The molecule has 1 aliphatic rings. The van der Waals surface area contributed by atoms with Crippen LogP contribution in [-0.4, -0.2) is 38.3 Å². The summed E-state index contributed by atoms with van der Waals surface area (Å²) >= 11 is 0. The van der Waals surface area contributed by atoms with Crippen LogP contribution in [0.3, 0.4) is 0 Å². The zero-order chi connectivity index (χ0) is 18.3. The number of phenols is 1. The molecule has 1 aromatic heterocycles. The Balaban J connectivity index is 1.92. The summed E-state index contributed by atoms with van der Waals surface area (Å²) in [6, 6.07) is 9.52. The van der Waals surface area contributed by atoms with E-state index in [0.717, 1.165) is 54.5 Å². The smallest absolute Gasteiger partial charge is 0.344 e. The van der Waals surface area contributed by atoms with Gasteiger partial charge in [-0.05, 0) is 29.5 Å². The number of aryl methyl sites for hydroxylation is 1. The van der Waals surface area contributed by atoms with Gasteiger partial charge >= 0.3 is 5.63 Å². The van der Waals surface area contributed by atoms with Gasteiger partial charge in [0.25, 0.3) is 0 Å². The van der Waals surface area contributed by atoms with E-state index in [1.54, 1.807) is 11.0 Å². The Bertz CT molecular complexity index is 1020. The van der Waals surface area contributed by atoms with Crippen LogP contribution < -0.4 is 15.4 Å². The van der Waals surface area contributed by atoms with Gasteiger partial charge in [0.1, 0.15) is 38.5 Å². The molecule has 0 amide bonds. The quantitative estimate of drug-likeness (QED) is 0.463. The topological polar surface area (TPSA) is 59.3 Å². The van der Waals surface area contributed by atoms with Crippen LogP contribution in [0, 0.1) is 0 Å². The second kappa shape index (κ2) is 6.74. The van der Waals surface area contributed by atoms with E-state index in [0.29, 0.717) is 17.5 Å². The average molecular weight is 354 g/mol. The van der Waals surface area contributed by atoms with Crippen LogP contribution in [0.15, 0.2) is 39.5 Å². The van der Waals surface area contributed by atoms with Gasteiger partial charge in [0.15, 0.2) is 5.58 Å². The van der Waals surface area contributed by atoms with Crippen LogP contribution >= 0.6 is 0 Å². The first-order chi connectivity index (χ1) is 12.6. The van der Waals surface area contributed by atoms with E-state index < -0.39 is 0 Å². The van der Waals surface area contributed by atoms with Gasteiger partial charge in [0.2, 0.25) is 0 Å². The number of fused-ring (bicyclic) bond motifs is 3. The maximum absolute atomic E-state index is 12.5. The van der Waals surface area contributed by atoms with Crippen LogP contribution in [-0.2, 0) is 13.0 Å². The van der Waals surface area contributed by atoms with Crippen molar-refractivity contribution in [1.82, 2.24) is 0 Å². The molecule has 136 valence electrons. The van der Waals surface area contributed by atoms with E-state index >= 15 is 0 Å². The highest BCUT2D eigenvalue weighted by Crippen LogP contribution is 2.34. The summed E-state index contributed by atoms with van der Waals surface area (Å²) in [5.74, 6) is 0.289. The van der Waals surface area contributed by atoms with Gasteiger partial charge in [-0.1, -0.05) is 25.1 Å². The van der Waals surface area contributed by atoms with E-state index in [9.17, 15) is 9.90 Å². The molecule has 0 atom stereocenters. The molecule has 26 heavy (non-hydrogen) atoms. The molecule has 1 fully saturated rings. The number of benzene rings is 2. The Morgan fingerprint density at radius 2 is 1.77 bits per heavy atom.